The van der Waals surface area contributed by atoms with Crippen LogP contribution in [-0.4, -0.2) is 39.0 Å². The number of thiazole rings is 1. The largest absolute Gasteiger partial charge is 0.350 e. The van der Waals surface area contributed by atoms with Gasteiger partial charge in [0.15, 0.2) is 5.13 Å². The molecule has 2 N–H and O–H groups in total. The molecule has 1 aromatic heterocycles. The summed E-state index contributed by atoms with van der Waals surface area (Å²) >= 11 is 1.51. The Labute approximate surface area is 100 Å². The van der Waals surface area contributed by atoms with Crippen molar-refractivity contribution in [2.45, 2.75) is 13.5 Å². The molecule has 0 aliphatic heterocycles. The molecule has 0 aromatic carbocycles. The fourth-order valence-electron chi connectivity index (χ4n) is 1.16. The third-order valence-electron chi connectivity index (χ3n) is 2.19. The first-order chi connectivity index (χ1) is 7.33. The molecule has 7 heteroatoms. The molecule has 0 bridgehead atoms. The molecule has 0 radical (unpaired) electrons. The van der Waals surface area contributed by atoms with E-state index in [1.165, 1.54) is 17.6 Å². The van der Waals surface area contributed by atoms with E-state index in [4.69, 9.17) is 5.73 Å². The van der Waals surface area contributed by atoms with Crippen LogP contribution >= 0.6 is 11.3 Å². The summed E-state index contributed by atoms with van der Waals surface area (Å²) < 4.78 is 22.1. The van der Waals surface area contributed by atoms with Gasteiger partial charge in [0.1, 0.15) is 9.84 Å². The van der Waals surface area contributed by atoms with Crippen molar-refractivity contribution in [3.63, 3.8) is 0 Å². The molecular formula is C9H17N3O2S2. The summed E-state index contributed by atoms with van der Waals surface area (Å²) in [5, 5.41) is 0.821. The fourth-order valence-corrected chi connectivity index (χ4v) is 2.70. The number of sulfone groups is 1. The van der Waals surface area contributed by atoms with Gasteiger partial charge in [0, 0.05) is 31.3 Å². The maximum atomic E-state index is 11.0. The lowest BCUT2D eigenvalue weighted by molar-refractivity contribution is 0.601. The summed E-state index contributed by atoms with van der Waals surface area (Å²) in [5.74, 6) is 0.139. The van der Waals surface area contributed by atoms with Gasteiger partial charge in [0.05, 0.1) is 11.4 Å². The zero-order chi connectivity index (χ0) is 12.3. The molecule has 0 fully saturated rings. The molecule has 0 saturated carbocycles. The van der Waals surface area contributed by atoms with Gasteiger partial charge in [0.25, 0.3) is 0 Å². The molecule has 5 nitrogen and oxygen atoms in total. The van der Waals surface area contributed by atoms with E-state index in [9.17, 15) is 8.42 Å². The second-order valence-corrected chi connectivity index (χ2v) is 7.08. The first-order valence-corrected chi connectivity index (χ1v) is 7.76. The van der Waals surface area contributed by atoms with E-state index in [1.54, 1.807) is 0 Å². The van der Waals surface area contributed by atoms with Crippen LogP contribution in [0.25, 0.3) is 0 Å². The van der Waals surface area contributed by atoms with Crippen molar-refractivity contribution in [2.24, 2.45) is 5.73 Å². The third kappa shape index (κ3) is 3.73. The van der Waals surface area contributed by atoms with E-state index in [0.29, 0.717) is 13.1 Å². The first kappa shape index (κ1) is 13.4. The smallest absolute Gasteiger partial charge is 0.185 e. The Balaban J connectivity index is 2.69. The van der Waals surface area contributed by atoms with Gasteiger partial charge in [-0.25, -0.2) is 13.4 Å². The minimum absolute atomic E-state index is 0.139. The van der Waals surface area contributed by atoms with E-state index >= 15 is 0 Å². The van der Waals surface area contributed by atoms with Crippen LogP contribution in [0.15, 0.2) is 0 Å². The zero-order valence-electron chi connectivity index (χ0n) is 9.73. The van der Waals surface area contributed by atoms with E-state index in [2.05, 4.69) is 4.98 Å². The highest BCUT2D eigenvalue weighted by Gasteiger charge is 2.11. The molecule has 16 heavy (non-hydrogen) atoms. The van der Waals surface area contributed by atoms with Crippen molar-refractivity contribution in [3.05, 3.63) is 10.6 Å². The highest BCUT2D eigenvalue weighted by Crippen LogP contribution is 2.24. The average molecular weight is 263 g/mol. The molecular weight excluding hydrogens is 246 g/mol. The van der Waals surface area contributed by atoms with Crippen LogP contribution in [0.3, 0.4) is 0 Å². The molecule has 0 spiro atoms. The summed E-state index contributed by atoms with van der Waals surface area (Å²) in [6.45, 7) is 2.84. The van der Waals surface area contributed by atoms with E-state index in [-0.39, 0.29) is 5.75 Å². The maximum absolute atomic E-state index is 11.0. The monoisotopic (exact) mass is 263 g/mol. The van der Waals surface area contributed by atoms with Crippen molar-refractivity contribution in [1.82, 2.24) is 4.98 Å². The topological polar surface area (TPSA) is 76.3 Å². The lowest BCUT2D eigenvalue weighted by Crippen LogP contribution is -2.24. The van der Waals surface area contributed by atoms with Gasteiger partial charge in [-0.15, -0.1) is 11.3 Å². The molecule has 92 valence electrons. The third-order valence-corrected chi connectivity index (χ3v) is 4.41. The SMILES string of the molecule is Cc1nc(N(C)CCS(C)(=O)=O)sc1CN. The number of aromatic nitrogens is 1. The van der Waals surface area contributed by atoms with Crippen molar-refractivity contribution in [2.75, 3.05) is 30.5 Å². The molecule has 1 heterocycles. The summed E-state index contributed by atoms with van der Waals surface area (Å²) in [4.78, 5) is 7.24. The Morgan fingerprint density at radius 2 is 2.12 bits per heavy atom. The number of anilines is 1. The summed E-state index contributed by atoms with van der Waals surface area (Å²) in [6.07, 6.45) is 1.24. The molecule has 0 atom stereocenters. The van der Waals surface area contributed by atoms with Gasteiger partial charge >= 0.3 is 0 Å². The Morgan fingerprint density at radius 3 is 2.56 bits per heavy atom. The number of aryl methyl sites for hydroxylation is 1. The summed E-state index contributed by atoms with van der Waals surface area (Å²) in [7, 11) is -1.09. The molecule has 1 aromatic rings. The minimum atomic E-state index is -2.93. The molecule has 0 amide bonds. The standard InChI is InChI=1S/C9H17N3O2S2/c1-7-8(6-10)15-9(11-7)12(2)4-5-16(3,13)14/h4-6,10H2,1-3H3. The van der Waals surface area contributed by atoms with Crippen LogP contribution in [0.5, 0.6) is 0 Å². The molecule has 0 saturated heterocycles. The second kappa shape index (κ2) is 5.11. The summed E-state index contributed by atoms with van der Waals surface area (Å²) in [6, 6.07) is 0. The molecule has 0 unspecified atom stereocenters. The number of hydrogen-bond acceptors (Lipinski definition) is 6. The predicted octanol–water partition coefficient (Wildman–Crippen LogP) is 0.391. The van der Waals surface area contributed by atoms with Gasteiger partial charge in [-0.3, -0.25) is 0 Å². The summed E-state index contributed by atoms with van der Waals surface area (Å²) in [5.41, 5.74) is 6.49. The predicted molar refractivity (Wildman–Crippen MR) is 67.7 cm³/mol. The van der Waals surface area contributed by atoms with Crippen LogP contribution in [0.2, 0.25) is 0 Å². The normalized spacial score (nSPS) is 11.8. The van der Waals surface area contributed by atoms with E-state index < -0.39 is 9.84 Å². The van der Waals surface area contributed by atoms with Gasteiger partial charge in [0.2, 0.25) is 0 Å². The Morgan fingerprint density at radius 1 is 1.50 bits per heavy atom. The number of rotatable bonds is 5. The van der Waals surface area contributed by atoms with E-state index in [0.717, 1.165) is 15.7 Å². The quantitative estimate of drug-likeness (QED) is 0.831. The Bertz CT molecular complexity index is 453. The Hall–Kier alpha value is -0.660. The fraction of sp³-hybridized carbons (Fsp3) is 0.667. The van der Waals surface area contributed by atoms with Crippen molar-refractivity contribution in [1.29, 1.82) is 0 Å². The lowest BCUT2D eigenvalue weighted by Gasteiger charge is -2.14. The van der Waals surface area contributed by atoms with Gasteiger partial charge in [-0.2, -0.15) is 0 Å². The second-order valence-electron chi connectivity index (χ2n) is 3.76. The van der Waals surface area contributed by atoms with Crippen LogP contribution in [0.1, 0.15) is 10.6 Å². The van der Waals surface area contributed by atoms with Crippen LogP contribution in [0, 0.1) is 6.92 Å². The number of nitrogens with two attached hydrogens (primary N) is 1. The first-order valence-electron chi connectivity index (χ1n) is 4.88. The number of nitrogens with zero attached hydrogens (tertiary/aromatic N) is 2. The van der Waals surface area contributed by atoms with Crippen molar-refractivity contribution < 1.29 is 8.42 Å². The van der Waals surface area contributed by atoms with Gasteiger partial charge in [-0.1, -0.05) is 0 Å². The zero-order valence-corrected chi connectivity index (χ0v) is 11.4. The highest BCUT2D eigenvalue weighted by molar-refractivity contribution is 7.90. The average Bonchev–Trinajstić information content (AvgIpc) is 2.55. The maximum Gasteiger partial charge on any atom is 0.185 e. The van der Waals surface area contributed by atoms with Crippen LogP contribution in [-0.2, 0) is 16.4 Å². The van der Waals surface area contributed by atoms with Crippen LogP contribution in [0.4, 0.5) is 5.13 Å². The van der Waals surface area contributed by atoms with Crippen molar-refractivity contribution >= 4 is 26.3 Å². The van der Waals surface area contributed by atoms with E-state index in [1.807, 2.05) is 18.9 Å². The molecule has 1 rings (SSSR count). The minimum Gasteiger partial charge on any atom is -0.350 e. The Kier molecular flexibility index (Phi) is 4.28. The molecule has 0 aliphatic carbocycles. The van der Waals surface area contributed by atoms with Crippen LogP contribution < -0.4 is 10.6 Å². The highest BCUT2D eigenvalue weighted by atomic mass is 32.2. The van der Waals surface area contributed by atoms with Crippen molar-refractivity contribution in [3.8, 4) is 0 Å². The molecule has 0 aliphatic rings. The van der Waals surface area contributed by atoms with Gasteiger partial charge < -0.3 is 10.6 Å². The van der Waals surface area contributed by atoms with Gasteiger partial charge in [-0.05, 0) is 6.92 Å². The lowest BCUT2D eigenvalue weighted by atomic mass is 10.4. The number of hydrogen-bond donors (Lipinski definition) is 1.